The maximum atomic E-state index is 10.9. The first kappa shape index (κ1) is 12.8. The first-order valence-electron chi connectivity index (χ1n) is 5.38. The molecule has 5 nitrogen and oxygen atoms in total. The van der Waals surface area contributed by atoms with Gasteiger partial charge in [-0.3, -0.25) is 4.79 Å². The molecule has 1 aromatic heterocycles. The second-order valence-corrected chi connectivity index (χ2v) is 4.95. The lowest BCUT2D eigenvalue weighted by atomic mass is 10.2. The lowest BCUT2D eigenvalue weighted by Gasteiger charge is -2.08. The molecule has 2 aromatic rings. The van der Waals surface area contributed by atoms with E-state index in [1.54, 1.807) is 11.6 Å². The summed E-state index contributed by atoms with van der Waals surface area (Å²) < 4.78 is 2.56. The number of benzene rings is 1. The Kier molecular flexibility index (Phi) is 3.47. The third kappa shape index (κ3) is 2.43. The summed E-state index contributed by atoms with van der Waals surface area (Å²) in [5.74, 6) is -0.892. The fourth-order valence-corrected chi connectivity index (χ4v) is 2.25. The van der Waals surface area contributed by atoms with Gasteiger partial charge >= 0.3 is 5.97 Å². The van der Waals surface area contributed by atoms with E-state index in [9.17, 15) is 4.79 Å². The van der Waals surface area contributed by atoms with Crippen LogP contribution in [0.3, 0.4) is 0 Å². The molecule has 1 N–H and O–H groups in total. The number of carboxylic acid groups (broad SMARTS) is 1. The average Bonchev–Trinajstić information content (AvgIpc) is 2.60. The molecule has 0 saturated carbocycles. The molecular formula is C12H12BrN3O2. The van der Waals surface area contributed by atoms with Crippen LogP contribution < -0.4 is 0 Å². The van der Waals surface area contributed by atoms with E-state index in [0.29, 0.717) is 11.4 Å². The van der Waals surface area contributed by atoms with Crippen molar-refractivity contribution in [1.29, 1.82) is 0 Å². The molecule has 0 bridgehead atoms. The molecule has 6 heteroatoms. The summed E-state index contributed by atoms with van der Waals surface area (Å²) in [6.45, 7) is 3.71. The Morgan fingerprint density at radius 2 is 2.17 bits per heavy atom. The van der Waals surface area contributed by atoms with Crippen LogP contribution in [0, 0.1) is 13.8 Å². The topological polar surface area (TPSA) is 68.0 Å². The predicted octanol–water partition coefficient (Wildman–Crippen LogP) is 2.27. The second-order valence-electron chi connectivity index (χ2n) is 4.03. The van der Waals surface area contributed by atoms with Crippen LogP contribution in [-0.4, -0.2) is 26.1 Å². The maximum Gasteiger partial charge on any atom is 0.309 e. The van der Waals surface area contributed by atoms with E-state index >= 15 is 0 Å². The van der Waals surface area contributed by atoms with Gasteiger partial charge in [0.05, 0.1) is 23.5 Å². The Morgan fingerprint density at radius 3 is 2.78 bits per heavy atom. The molecule has 0 radical (unpaired) electrons. The molecule has 0 aliphatic carbocycles. The summed E-state index contributed by atoms with van der Waals surface area (Å²) in [7, 11) is 0. The number of aryl methyl sites for hydroxylation is 2. The standard InChI is InChI=1S/C12H12BrN3O2/c1-7-5-9(13)3-4-10(7)16-11(6-12(17)18)8(2)14-15-16/h3-5H,6H2,1-2H3,(H,17,18). The minimum Gasteiger partial charge on any atom is -0.481 e. The third-order valence-electron chi connectivity index (χ3n) is 2.66. The molecule has 0 aliphatic rings. The maximum absolute atomic E-state index is 10.9. The van der Waals surface area contributed by atoms with Crippen LogP contribution >= 0.6 is 15.9 Å². The summed E-state index contributed by atoms with van der Waals surface area (Å²) in [5.41, 5.74) is 3.09. The van der Waals surface area contributed by atoms with E-state index in [1.807, 2.05) is 25.1 Å². The molecule has 94 valence electrons. The minimum atomic E-state index is -0.892. The number of carboxylic acids is 1. The summed E-state index contributed by atoms with van der Waals surface area (Å²) in [5, 5.41) is 16.9. The molecule has 0 saturated heterocycles. The van der Waals surface area contributed by atoms with Crippen LogP contribution in [0.25, 0.3) is 5.69 Å². The molecular weight excluding hydrogens is 298 g/mol. The Bertz CT molecular complexity index is 607. The van der Waals surface area contributed by atoms with Crippen molar-refractivity contribution in [3.05, 3.63) is 39.6 Å². The van der Waals surface area contributed by atoms with Crippen molar-refractivity contribution in [1.82, 2.24) is 15.0 Å². The number of nitrogens with zero attached hydrogens (tertiary/aromatic N) is 3. The van der Waals surface area contributed by atoms with Crippen molar-refractivity contribution < 1.29 is 9.90 Å². The molecule has 18 heavy (non-hydrogen) atoms. The smallest absolute Gasteiger partial charge is 0.309 e. The van der Waals surface area contributed by atoms with Crippen molar-refractivity contribution in [2.24, 2.45) is 0 Å². The van der Waals surface area contributed by atoms with Crippen LogP contribution in [0.4, 0.5) is 0 Å². The molecule has 2 rings (SSSR count). The largest absolute Gasteiger partial charge is 0.481 e. The van der Waals surface area contributed by atoms with E-state index in [-0.39, 0.29) is 6.42 Å². The number of halogens is 1. The second kappa shape index (κ2) is 4.89. The summed E-state index contributed by atoms with van der Waals surface area (Å²) >= 11 is 3.39. The molecule has 0 aliphatic heterocycles. The average molecular weight is 310 g/mol. The number of hydrogen-bond acceptors (Lipinski definition) is 3. The SMILES string of the molecule is Cc1cc(Br)ccc1-n1nnc(C)c1CC(=O)O. The van der Waals surface area contributed by atoms with Crippen LogP contribution in [-0.2, 0) is 11.2 Å². The molecule has 0 fully saturated rings. The van der Waals surface area contributed by atoms with E-state index < -0.39 is 5.97 Å². The Balaban J connectivity index is 2.53. The van der Waals surface area contributed by atoms with Gasteiger partial charge in [0.2, 0.25) is 0 Å². The number of carbonyl (C=O) groups is 1. The normalized spacial score (nSPS) is 10.6. The van der Waals surface area contributed by atoms with E-state index in [2.05, 4.69) is 26.2 Å². The van der Waals surface area contributed by atoms with Crippen LogP contribution in [0.2, 0.25) is 0 Å². The van der Waals surface area contributed by atoms with Crippen molar-refractivity contribution in [2.45, 2.75) is 20.3 Å². The number of hydrogen-bond donors (Lipinski definition) is 1. The lowest BCUT2D eigenvalue weighted by Crippen LogP contribution is -2.10. The lowest BCUT2D eigenvalue weighted by molar-refractivity contribution is -0.136. The molecule has 0 spiro atoms. The molecule has 0 amide bonds. The molecule has 0 unspecified atom stereocenters. The Hall–Kier alpha value is -1.69. The third-order valence-corrected chi connectivity index (χ3v) is 3.16. The zero-order valence-electron chi connectivity index (χ0n) is 10.0. The van der Waals surface area contributed by atoms with Gasteiger partial charge in [0.15, 0.2) is 0 Å². The highest BCUT2D eigenvalue weighted by molar-refractivity contribution is 9.10. The minimum absolute atomic E-state index is 0.0890. The molecule has 1 aromatic carbocycles. The first-order chi connectivity index (χ1) is 8.49. The summed E-state index contributed by atoms with van der Waals surface area (Å²) in [6.07, 6.45) is -0.0890. The summed E-state index contributed by atoms with van der Waals surface area (Å²) in [6, 6.07) is 5.74. The molecule has 0 atom stereocenters. The Labute approximate surface area is 113 Å². The van der Waals surface area contributed by atoms with E-state index in [4.69, 9.17) is 5.11 Å². The fraction of sp³-hybridized carbons (Fsp3) is 0.250. The highest BCUT2D eigenvalue weighted by Crippen LogP contribution is 2.21. The van der Waals surface area contributed by atoms with Gasteiger partial charge in [-0.25, -0.2) is 4.68 Å². The van der Waals surface area contributed by atoms with Gasteiger partial charge in [0.1, 0.15) is 0 Å². The highest BCUT2D eigenvalue weighted by atomic mass is 79.9. The van der Waals surface area contributed by atoms with Crippen LogP contribution in [0.1, 0.15) is 17.0 Å². The van der Waals surface area contributed by atoms with Crippen molar-refractivity contribution in [3.63, 3.8) is 0 Å². The van der Waals surface area contributed by atoms with Gasteiger partial charge in [0.25, 0.3) is 0 Å². The van der Waals surface area contributed by atoms with Crippen molar-refractivity contribution in [3.8, 4) is 5.69 Å². The van der Waals surface area contributed by atoms with Crippen LogP contribution in [0.15, 0.2) is 22.7 Å². The zero-order valence-corrected chi connectivity index (χ0v) is 11.6. The quantitative estimate of drug-likeness (QED) is 0.944. The van der Waals surface area contributed by atoms with Gasteiger partial charge in [-0.05, 0) is 37.6 Å². The predicted molar refractivity (Wildman–Crippen MR) is 69.9 cm³/mol. The van der Waals surface area contributed by atoms with Crippen LogP contribution in [0.5, 0.6) is 0 Å². The number of aromatic nitrogens is 3. The number of aliphatic carboxylic acids is 1. The van der Waals surface area contributed by atoms with Gasteiger partial charge in [-0.15, -0.1) is 5.10 Å². The van der Waals surface area contributed by atoms with Crippen molar-refractivity contribution >= 4 is 21.9 Å². The van der Waals surface area contributed by atoms with Gasteiger partial charge < -0.3 is 5.11 Å². The monoisotopic (exact) mass is 309 g/mol. The summed E-state index contributed by atoms with van der Waals surface area (Å²) in [4.78, 5) is 10.9. The molecule has 1 heterocycles. The fourth-order valence-electron chi connectivity index (χ4n) is 1.77. The highest BCUT2D eigenvalue weighted by Gasteiger charge is 2.15. The first-order valence-corrected chi connectivity index (χ1v) is 6.18. The van der Waals surface area contributed by atoms with Crippen molar-refractivity contribution in [2.75, 3.05) is 0 Å². The van der Waals surface area contributed by atoms with Gasteiger partial charge in [-0.2, -0.15) is 0 Å². The Morgan fingerprint density at radius 1 is 1.44 bits per heavy atom. The van der Waals surface area contributed by atoms with E-state index in [1.165, 1.54) is 0 Å². The zero-order chi connectivity index (χ0) is 13.3. The van der Waals surface area contributed by atoms with E-state index in [0.717, 1.165) is 15.7 Å². The number of rotatable bonds is 3. The van der Waals surface area contributed by atoms with Gasteiger partial charge in [0, 0.05) is 4.47 Å². The van der Waals surface area contributed by atoms with Gasteiger partial charge in [-0.1, -0.05) is 21.1 Å².